The fraction of sp³-hybridized carbons (Fsp3) is 0.148. The number of benzene rings is 3. The first-order chi connectivity index (χ1) is 17.6. The zero-order valence-electron chi connectivity index (χ0n) is 19.9. The van der Waals surface area contributed by atoms with E-state index in [-0.39, 0.29) is 18.0 Å². The number of nitrogens with one attached hydrogen (secondary N) is 2. The molecule has 0 bridgehead atoms. The number of anilines is 1. The molecule has 9 heteroatoms. The minimum atomic E-state index is -0.453. The molecule has 0 radical (unpaired) electrons. The first kappa shape index (κ1) is 24.3. The average molecular weight is 487 g/mol. The van der Waals surface area contributed by atoms with E-state index in [9.17, 15) is 9.59 Å². The van der Waals surface area contributed by atoms with E-state index < -0.39 is 5.91 Å². The van der Waals surface area contributed by atoms with Gasteiger partial charge in [0.2, 0.25) is 11.7 Å². The van der Waals surface area contributed by atoms with Crippen molar-refractivity contribution in [1.29, 1.82) is 0 Å². The number of rotatable bonds is 10. The standard InChI is InChI=1S/C27H26N4O5/c1-34-23-15-20(16-24(35-2)26(23)36-18-19-7-4-3-5-8-19)27(33)28-17-25(32)30-21-9-11-22(12-10-21)31-14-6-13-29-31/h3-16H,17-18H2,1-2H3,(H,28,33)(H,30,32). The zero-order valence-corrected chi connectivity index (χ0v) is 19.9. The summed E-state index contributed by atoms with van der Waals surface area (Å²) in [7, 11) is 2.97. The van der Waals surface area contributed by atoms with E-state index in [4.69, 9.17) is 14.2 Å². The second kappa shape index (κ2) is 11.6. The zero-order chi connectivity index (χ0) is 25.3. The van der Waals surface area contributed by atoms with Crippen molar-refractivity contribution in [1.82, 2.24) is 15.1 Å². The number of aromatic nitrogens is 2. The smallest absolute Gasteiger partial charge is 0.251 e. The van der Waals surface area contributed by atoms with Crippen molar-refractivity contribution in [2.24, 2.45) is 0 Å². The number of hydrogen-bond donors (Lipinski definition) is 2. The first-order valence-corrected chi connectivity index (χ1v) is 11.2. The lowest BCUT2D eigenvalue weighted by Crippen LogP contribution is -2.32. The molecule has 0 fully saturated rings. The molecule has 4 aromatic rings. The summed E-state index contributed by atoms with van der Waals surface area (Å²) in [6.45, 7) is 0.0961. The van der Waals surface area contributed by atoms with Crippen molar-refractivity contribution >= 4 is 17.5 Å². The van der Waals surface area contributed by atoms with E-state index in [2.05, 4.69) is 15.7 Å². The summed E-state index contributed by atoms with van der Waals surface area (Å²) in [6.07, 6.45) is 3.52. The van der Waals surface area contributed by atoms with Gasteiger partial charge in [-0.15, -0.1) is 0 Å². The molecule has 0 saturated carbocycles. The topological polar surface area (TPSA) is 104 Å². The Hall–Kier alpha value is -4.79. The van der Waals surface area contributed by atoms with Crippen LogP contribution in [0.2, 0.25) is 0 Å². The van der Waals surface area contributed by atoms with E-state index in [1.54, 1.807) is 35.1 Å². The molecule has 0 aliphatic heterocycles. The maximum absolute atomic E-state index is 12.8. The van der Waals surface area contributed by atoms with Crippen LogP contribution in [0.3, 0.4) is 0 Å². The van der Waals surface area contributed by atoms with Crippen molar-refractivity contribution in [3.05, 3.63) is 96.3 Å². The van der Waals surface area contributed by atoms with Gasteiger partial charge in [-0.05, 0) is 48.0 Å². The van der Waals surface area contributed by atoms with E-state index in [1.807, 2.05) is 54.7 Å². The molecule has 0 saturated heterocycles. The highest BCUT2D eigenvalue weighted by atomic mass is 16.5. The maximum Gasteiger partial charge on any atom is 0.251 e. The van der Waals surface area contributed by atoms with Gasteiger partial charge in [-0.2, -0.15) is 5.10 Å². The van der Waals surface area contributed by atoms with Crippen LogP contribution in [0.1, 0.15) is 15.9 Å². The molecule has 0 aliphatic rings. The van der Waals surface area contributed by atoms with Crippen molar-refractivity contribution in [3.63, 3.8) is 0 Å². The lowest BCUT2D eigenvalue weighted by atomic mass is 10.1. The highest BCUT2D eigenvalue weighted by Gasteiger charge is 2.18. The number of ether oxygens (including phenoxy) is 3. The average Bonchev–Trinajstić information content (AvgIpc) is 3.46. The van der Waals surface area contributed by atoms with Crippen LogP contribution in [-0.4, -0.2) is 42.4 Å². The summed E-state index contributed by atoms with van der Waals surface area (Å²) >= 11 is 0. The highest BCUT2D eigenvalue weighted by molar-refractivity contribution is 6.00. The summed E-state index contributed by atoms with van der Waals surface area (Å²) in [4.78, 5) is 25.1. The van der Waals surface area contributed by atoms with Gasteiger partial charge in [-0.25, -0.2) is 4.68 Å². The Balaban J connectivity index is 1.37. The largest absolute Gasteiger partial charge is 0.493 e. The predicted molar refractivity (Wildman–Crippen MR) is 135 cm³/mol. The van der Waals surface area contributed by atoms with Gasteiger partial charge in [0.15, 0.2) is 11.5 Å². The monoisotopic (exact) mass is 486 g/mol. The number of carbonyl (C=O) groups excluding carboxylic acids is 2. The molecule has 36 heavy (non-hydrogen) atoms. The maximum atomic E-state index is 12.8. The predicted octanol–water partition coefficient (Wildman–Crippen LogP) is 3.84. The van der Waals surface area contributed by atoms with Gasteiger partial charge in [-0.1, -0.05) is 30.3 Å². The van der Waals surface area contributed by atoms with Crippen LogP contribution in [-0.2, 0) is 11.4 Å². The van der Waals surface area contributed by atoms with E-state index >= 15 is 0 Å². The molecule has 184 valence electrons. The van der Waals surface area contributed by atoms with Gasteiger partial charge in [0, 0.05) is 23.6 Å². The molecule has 3 aromatic carbocycles. The Morgan fingerprint density at radius 2 is 1.61 bits per heavy atom. The molecule has 2 amide bonds. The first-order valence-electron chi connectivity index (χ1n) is 11.2. The molecular formula is C27H26N4O5. The summed E-state index contributed by atoms with van der Waals surface area (Å²) in [5.41, 5.74) is 2.72. The molecule has 1 aromatic heterocycles. The summed E-state index contributed by atoms with van der Waals surface area (Å²) in [6, 6.07) is 21.8. The third kappa shape index (κ3) is 6.01. The quantitative estimate of drug-likeness (QED) is 0.353. The second-order valence-electron chi connectivity index (χ2n) is 7.71. The van der Waals surface area contributed by atoms with Crippen LogP contribution in [0.25, 0.3) is 5.69 Å². The fourth-order valence-corrected chi connectivity index (χ4v) is 3.47. The minimum Gasteiger partial charge on any atom is -0.493 e. The number of nitrogens with zero attached hydrogens (tertiary/aromatic N) is 2. The number of hydrogen-bond acceptors (Lipinski definition) is 6. The number of methoxy groups -OCH3 is 2. The van der Waals surface area contributed by atoms with Crippen molar-refractivity contribution in [2.45, 2.75) is 6.61 Å². The second-order valence-corrected chi connectivity index (χ2v) is 7.71. The SMILES string of the molecule is COc1cc(C(=O)NCC(=O)Nc2ccc(-n3cccn3)cc2)cc(OC)c1OCc1ccccc1. The normalized spacial score (nSPS) is 10.4. The van der Waals surface area contributed by atoms with E-state index in [0.717, 1.165) is 11.3 Å². The summed E-state index contributed by atoms with van der Waals surface area (Å²) < 4.78 is 18.5. The molecular weight excluding hydrogens is 460 g/mol. The Morgan fingerprint density at radius 3 is 2.22 bits per heavy atom. The summed E-state index contributed by atoms with van der Waals surface area (Å²) in [5, 5.41) is 9.54. The van der Waals surface area contributed by atoms with Crippen LogP contribution < -0.4 is 24.8 Å². The lowest BCUT2D eigenvalue weighted by molar-refractivity contribution is -0.115. The van der Waals surface area contributed by atoms with Gasteiger partial charge >= 0.3 is 0 Å². The van der Waals surface area contributed by atoms with Gasteiger partial charge < -0.3 is 24.8 Å². The molecule has 2 N–H and O–H groups in total. The lowest BCUT2D eigenvalue weighted by Gasteiger charge is -2.16. The summed E-state index contributed by atoms with van der Waals surface area (Å²) in [5.74, 6) is 0.258. The molecule has 0 spiro atoms. The Kier molecular flexibility index (Phi) is 7.82. The Labute approximate surface area is 208 Å². The number of carbonyl (C=O) groups is 2. The third-order valence-corrected chi connectivity index (χ3v) is 5.28. The van der Waals surface area contributed by atoms with Crippen molar-refractivity contribution in [3.8, 4) is 22.9 Å². The molecule has 1 heterocycles. The van der Waals surface area contributed by atoms with Crippen molar-refractivity contribution < 1.29 is 23.8 Å². The van der Waals surface area contributed by atoms with Gasteiger partial charge in [0.25, 0.3) is 5.91 Å². The molecule has 0 unspecified atom stereocenters. The van der Waals surface area contributed by atoms with E-state index in [0.29, 0.717) is 29.5 Å². The van der Waals surface area contributed by atoms with Crippen LogP contribution >= 0.6 is 0 Å². The van der Waals surface area contributed by atoms with Crippen LogP contribution in [0.5, 0.6) is 17.2 Å². The third-order valence-electron chi connectivity index (χ3n) is 5.28. The molecule has 0 aliphatic carbocycles. The molecule has 0 atom stereocenters. The fourth-order valence-electron chi connectivity index (χ4n) is 3.47. The highest BCUT2D eigenvalue weighted by Crippen LogP contribution is 2.39. The van der Waals surface area contributed by atoms with Crippen LogP contribution in [0, 0.1) is 0 Å². The van der Waals surface area contributed by atoms with E-state index in [1.165, 1.54) is 14.2 Å². The van der Waals surface area contributed by atoms with Crippen LogP contribution in [0.15, 0.2) is 85.2 Å². The van der Waals surface area contributed by atoms with Crippen molar-refractivity contribution in [2.75, 3.05) is 26.1 Å². The van der Waals surface area contributed by atoms with Gasteiger partial charge in [0.1, 0.15) is 6.61 Å². The Bertz CT molecular complexity index is 1280. The van der Waals surface area contributed by atoms with Crippen LogP contribution in [0.4, 0.5) is 5.69 Å². The van der Waals surface area contributed by atoms with Gasteiger partial charge in [0.05, 0.1) is 26.5 Å². The van der Waals surface area contributed by atoms with Gasteiger partial charge in [-0.3, -0.25) is 9.59 Å². The number of amides is 2. The Morgan fingerprint density at radius 1 is 0.917 bits per heavy atom. The molecule has 9 nitrogen and oxygen atoms in total. The minimum absolute atomic E-state index is 0.212. The molecule has 4 rings (SSSR count).